The molecule has 3 aromatic rings. The number of rotatable bonds is 2. The van der Waals surface area contributed by atoms with Gasteiger partial charge in [-0.1, -0.05) is 17.7 Å². The lowest BCUT2D eigenvalue weighted by atomic mass is 10.1. The van der Waals surface area contributed by atoms with Gasteiger partial charge in [-0.2, -0.15) is 0 Å². The van der Waals surface area contributed by atoms with Crippen molar-refractivity contribution in [2.24, 2.45) is 5.11 Å². The summed E-state index contributed by atoms with van der Waals surface area (Å²) in [5, 5.41) is 4.01. The first-order valence-corrected chi connectivity index (χ1v) is 6.26. The van der Waals surface area contributed by atoms with E-state index in [2.05, 4.69) is 20.0 Å². The lowest BCUT2D eigenvalue weighted by molar-refractivity contribution is 0.100. The molecule has 2 aromatic heterocycles. The number of carbonyl (C=O) groups is 1. The molecule has 102 valence electrons. The lowest BCUT2D eigenvalue weighted by Crippen LogP contribution is -1.98. The van der Waals surface area contributed by atoms with Gasteiger partial charge in [-0.05, 0) is 28.8 Å². The Kier molecular flexibility index (Phi) is 3.27. The summed E-state index contributed by atoms with van der Waals surface area (Å²) < 4.78 is 1.63. The third-order valence-electron chi connectivity index (χ3n) is 2.91. The van der Waals surface area contributed by atoms with E-state index >= 15 is 0 Å². The molecule has 0 saturated carbocycles. The number of hydrogen-bond acceptors (Lipinski definition) is 3. The highest BCUT2D eigenvalue weighted by Crippen LogP contribution is 2.30. The summed E-state index contributed by atoms with van der Waals surface area (Å²) in [6, 6.07) is 6.89. The minimum atomic E-state index is -0.703. The zero-order valence-electron chi connectivity index (χ0n) is 10.5. The van der Waals surface area contributed by atoms with Crippen LogP contribution in [0.5, 0.6) is 0 Å². The molecule has 21 heavy (non-hydrogen) atoms. The molecule has 8 heteroatoms. The van der Waals surface area contributed by atoms with Gasteiger partial charge in [0.25, 0.3) is 5.91 Å². The van der Waals surface area contributed by atoms with Crippen LogP contribution >= 0.6 is 11.6 Å². The number of nitrogens with zero attached hydrogens (tertiary/aromatic N) is 6. The number of halogens is 1. The van der Waals surface area contributed by atoms with Crippen molar-refractivity contribution < 1.29 is 4.79 Å². The van der Waals surface area contributed by atoms with Gasteiger partial charge < -0.3 is 0 Å². The molecular weight excluding hydrogens is 292 g/mol. The first kappa shape index (κ1) is 13.1. The van der Waals surface area contributed by atoms with Crippen LogP contribution in [0.4, 0.5) is 0 Å². The second-order valence-electron chi connectivity index (χ2n) is 4.09. The molecule has 1 aromatic carbocycles. The van der Waals surface area contributed by atoms with Gasteiger partial charge in [-0.15, -0.1) is 0 Å². The van der Waals surface area contributed by atoms with Gasteiger partial charge in [0, 0.05) is 28.9 Å². The topological polar surface area (TPSA) is 96.5 Å². The summed E-state index contributed by atoms with van der Waals surface area (Å²) in [6.07, 6.45) is 4.70. The Morgan fingerprint density at radius 3 is 2.76 bits per heavy atom. The van der Waals surface area contributed by atoms with Crippen LogP contribution in [0, 0.1) is 0 Å². The Balaban J connectivity index is 2.35. The third-order valence-corrected chi connectivity index (χ3v) is 3.23. The van der Waals surface area contributed by atoms with E-state index in [0.29, 0.717) is 21.9 Å². The molecule has 0 aliphatic carbocycles. The van der Waals surface area contributed by atoms with Crippen molar-refractivity contribution in [1.82, 2.24) is 14.5 Å². The molecule has 0 atom stereocenters. The largest absolute Gasteiger partial charge is 0.287 e. The van der Waals surface area contributed by atoms with Crippen molar-refractivity contribution in [3.8, 4) is 5.95 Å². The van der Waals surface area contributed by atoms with E-state index in [0.717, 1.165) is 0 Å². The molecule has 0 unspecified atom stereocenters. The van der Waals surface area contributed by atoms with Gasteiger partial charge >= 0.3 is 0 Å². The summed E-state index contributed by atoms with van der Waals surface area (Å²) in [6.45, 7) is 0. The zero-order valence-corrected chi connectivity index (χ0v) is 11.3. The molecule has 0 bridgehead atoms. The zero-order chi connectivity index (χ0) is 14.8. The van der Waals surface area contributed by atoms with E-state index < -0.39 is 5.91 Å². The standard InChI is InChI=1S/C13H7ClN6O/c14-9-3-1-4-10-11(9)8(12(21)18-19-15)7-20(10)13-16-5-2-6-17-13/h1-7H. The molecule has 0 fully saturated rings. The van der Waals surface area contributed by atoms with Gasteiger partial charge in [-0.25, -0.2) is 9.97 Å². The SMILES string of the molecule is [N-]=[N+]=NC(=O)c1cn(-c2ncccn2)c2cccc(Cl)c12. The van der Waals surface area contributed by atoms with Crippen LogP contribution in [0.3, 0.4) is 0 Å². The first-order chi connectivity index (χ1) is 10.2. The Bertz CT molecular complexity index is 882. The van der Waals surface area contributed by atoms with Gasteiger partial charge in [0.15, 0.2) is 0 Å². The molecule has 0 aliphatic heterocycles. The highest BCUT2D eigenvalue weighted by atomic mass is 35.5. The summed E-state index contributed by atoms with van der Waals surface area (Å²) in [5.41, 5.74) is 9.30. The number of azide groups is 1. The predicted octanol–water partition coefficient (Wildman–Crippen LogP) is 3.52. The molecule has 0 aliphatic rings. The maximum absolute atomic E-state index is 11.9. The second kappa shape index (κ2) is 5.24. The summed E-state index contributed by atoms with van der Waals surface area (Å²) in [5.74, 6) is -0.310. The third kappa shape index (κ3) is 2.20. The van der Waals surface area contributed by atoms with Gasteiger partial charge in [0.05, 0.1) is 16.1 Å². The molecule has 0 saturated heterocycles. The number of hydrogen-bond donors (Lipinski definition) is 0. The highest BCUT2D eigenvalue weighted by Gasteiger charge is 2.18. The molecule has 1 amide bonds. The monoisotopic (exact) mass is 298 g/mol. The van der Waals surface area contributed by atoms with Crippen molar-refractivity contribution in [2.45, 2.75) is 0 Å². The van der Waals surface area contributed by atoms with Crippen molar-refractivity contribution in [1.29, 1.82) is 0 Å². The van der Waals surface area contributed by atoms with Crippen LogP contribution in [0.15, 0.2) is 48.0 Å². The normalized spacial score (nSPS) is 10.3. The number of aromatic nitrogens is 3. The second-order valence-corrected chi connectivity index (χ2v) is 4.50. The molecule has 0 N–H and O–H groups in total. The number of carbonyl (C=O) groups excluding carboxylic acids is 1. The molecule has 0 radical (unpaired) electrons. The molecule has 2 heterocycles. The van der Waals surface area contributed by atoms with E-state index in [1.165, 1.54) is 6.20 Å². The van der Waals surface area contributed by atoms with E-state index in [-0.39, 0.29) is 5.56 Å². The fourth-order valence-electron chi connectivity index (χ4n) is 2.08. The fraction of sp³-hybridized carbons (Fsp3) is 0. The van der Waals surface area contributed by atoms with Crippen LogP contribution in [0.2, 0.25) is 5.02 Å². The van der Waals surface area contributed by atoms with Crippen molar-refractivity contribution >= 4 is 28.4 Å². The molecule has 3 rings (SSSR count). The predicted molar refractivity (Wildman–Crippen MR) is 77.4 cm³/mol. The Morgan fingerprint density at radius 2 is 2.05 bits per heavy atom. The molecular formula is C13H7ClN6O. The van der Waals surface area contributed by atoms with Crippen LogP contribution in [0.25, 0.3) is 27.3 Å². The van der Waals surface area contributed by atoms with Crippen molar-refractivity contribution in [3.05, 3.63) is 63.9 Å². The minimum Gasteiger partial charge on any atom is -0.287 e. The number of amides is 1. The van der Waals surface area contributed by atoms with Crippen LogP contribution < -0.4 is 0 Å². The van der Waals surface area contributed by atoms with Gasteiger partial charge in [-0.3, -0.25) is 9.36 Å². The quantitative estimate of drug-likeness (QED) is 0.411. The molecule has 0 spiro atoms. The van der Waals surface area contributed by atoms with Crippen LogP contribution in [0.1, 0.15) is 10.4 Å². The van der Waals surface area contributed by atoms with E-state index in [1.807, 2.05) is 0 Å². The minimum absolute atomic E-state index is 0.209. The summed E-state index contributed by atoms with van der Waals surface area (Å²) >= 11 is 6.17. The lowest BCUT2D eigenvalue weighted by Gasteiger charge is -2.02. The Morgan fingerprint density at radius 1 is 1.29 bits per heavy atom. The first-order valence-electron chi connectivity index (χ1n) is 5.89. The smallest absolute Gasteiger partial charge is 0.251 e. The maximum atomic E-state index is 11.9. The highest BCUT2D eigenvalue weighted by molar-refractivity contribution is 6.37. The van der Waals surface area contributed by atoms with E-state index in [4.69, 9.17) is 17.1 Å². The van der Waals surface area contributed by atoms with Gasteiger partial charge in [0.1, 0.15) is 0 Å². The number of benzene rings is 1. The van der Waals surface area contributed by atoms with Gasteiger partial charge in [0.2, 0.25) is 5.95 Å². The average Bonchev–Trinajstić information content (AvgIpc) is 2.89. The van der Waals surface area contributed by atoms with Crippen molar-refractivity contribution in [3.63, 3.8) is 0 Å². The Hall–Kier alpha value is -2.89. The average molecular weight is 299 g/mol. The molecule has 7 nitrogen and oxygen atoms in total. The van der Waals surface area contributed by atoms with Crippen molar-refractivity contribution in [2.75, 3.05) is 0 Å². The summed E-state index contributed by atoms with van der Waals surface area (Å²) in [7, 11) is 0. The maximum Gasteiger partial charge on any atom is 0.251 e. The number of fused-ring (bicyclic) bond motifs is 1. The van der Waals surface area contributed by atoms with Crippen LogP contribution in [-0.2, 0) is 0 Å². The summed E-state index contributed by atoms with van der Waals surface area (Å²) in [4.78, 5) is 22.7. The van der Waals surface area contributed by atoms with E-state index in [9.17, 15) is 4.79 Å². The van der Waals surface area contributed by atoms with Crippen LogP contribution in [-0.4, -0.2) is 20.4 Å². The van der Waals surface area contributed by atoms with E-state index in [1.54, 1.807) is 41.2 Å². The Labute approximate surface area is 123 Å². The fourth-order valence-corrected chi connectivity index (χ4v) is 2.35.